The van der Waals surface area contributed by atoms with E-state index in [0.717, 1.165) is 18.2 Å². The highest BCUT2D eigenvalue weighted by atomic mass is 35.5. The van der Waals surface area contributed by atoms with E-state index in [4.69, 9.17) is 11.6 Å². The number of rotatable bonds is 7. The number of nitrogens with zero attached hydrogens (tertiary/aromatic N) is 4. The molecule has 2 heterocycles. The molecule has 1 N–H and O–H groups in total. The molecule has 1 fully saturated rings. The number of nitriles is 1. The lowest BCUT2D eigenvalue weighted by Crippen LogP contribution is -2.21. The van der Waals surface area contributed by atoms with Gasteiger partial charge in [0.15, 0.2) is 5.82 Å². The predicted molar refractivity (Wildman–Crippen MR) is 128 cm³/mol. The first-order valence-electron chi connectivity index (χ1n) is 11.0. The smallest absolute Gasteiger partial charge is 0.314 e. The Balaban J connectivity index is 1.71. The molecular weight excluding hydrogens is 494 g/mol. The van der Waals surface area contributed by atoms with Crippen LogP contribution in [-0.4, -0.2) is 25.4 Å². The molecule has 2 aromatic carbocycles. The SMILES string of the molecule is CCCn1cc(-n2c(C#N)c(Sc3cccc(C4(C(=O)O)CC4)c3F)c3ccc(Cl)c(F)c32)cn1. The molecule has 0 saturated heterocycles. The number of benzene rings is 2. The van der Waals surface area contributed by atoms with Gasteiger partial charge in [0.1, 0.15) is 17.6 Å². The number of carbonyl (C=O) groups is 1. The third-order valence-corrected chi connectivity index (χ3v) is 7.71. The van der Waals surface area contributed by atoms with Crippen LogP contribution >= 0.6 is 23.4 Å². The molecule has 5 rings (SSSR count). The van der Waals surface area contributed by atoms with Crippen LogP contribution in [-0.2, 0) is 16.8 Å². The number of halogens is 3. The van der Waals surface area contributed by atoms with Gasteiger partial charge in [-0.25, -0.2) is 8.78 Å². The van der Waals surface area contributed by atoms with Crippen molar-refractivity contribution < 1.29 is 18.7 Å². The average Bonchev–Trinajstić information content (AvgIpc) is 3.42. The van der Waals surface area contributed by atoms with Gasteiger partial charge in [-0.3, -0.25) is 14.0 Å². The minimum absolute atomic E-state index is 0.0911. The van der Waals surface area contributed by atoms with Crippen LogP contribution in [0.1, 0.15) is 37.4 Å². The van der Waals surface area contributed by atoms with Gasteiger partial charge in [0, 0.05) is 28.6 Å². The van der Waals surface area contributed by atoms with Gasteiger partial charge in [-0.1, -0.05) is 42.4 Å². The molecular formula is C25H19ClF2N4O2S. The Kier molecular flexibility index (Phi) is 5.82. The van der Waals surface area contributed by atoms with Crippen molar-refractivity contribution in [2.24, 2.45) is 0 Å². The van der Waals surface area contributed by atoms with E-state index in [2.05, 4.69) is 11.2 Å². The molecule has 0 atom stereocenters. The zero-order valence-corrected chi connectivity index (χ0v) is 20.1. The molecule has 35 heavy (non-hydrogen) atoms. The summed E-state index contributed by atoms with van der Waals surface area (Å²) in [5, 5.41) is 24.3. The van der Waals surface area contributed by atoms with Crippen molar-refractivity contribution in [3.63, 3.8) is 0 Å². The molecule has 1 aliphatic carbocycles. The van der Waals surface area contributed by atoms with E-state index in [9.17, 15) is 15.2 Å². The highest BCUT2D eigenvalue weighted by molar-refractivity contribution is 7.99. The van der Waals surface area contributed by atoms with Gasteiger partial charge < -0.3 is 5.11 Å². The van der Waals surface area contributed by atoms with E-state index in [-0.39, 0.29) is 26.7 Å². The van der Waals surface area contributed by atoms with Crippen LogP contribution in [0.25, 0.3) is 16.6 Å². The van der Waals surface area contributed by atoms with E-state index in [1.807, 2.05) is 6.92 Å². The summed E-state index contributed by atoms with van der Waals surface area (Å²) in [6.07, 6.45) is 4.82. The van der Waals surface area contributed by atoms with Crippen molar-refractivity contribution in [1.82, 2.24) is 14.3 Å². The van der Waals surface area contributed by atoms with Gasteiger partial charge in [0.25, 0.3) is 0 Å². The highest BCUT2D eigenvalue weighted by Gasteiger charge is 2.53. The summed E-state index contributed by atoms with van der Waals surface area (Å²) in [6, 6.07) is 9.73. The molecule has 0 bridgehead atoms. The second-order valence-electron chi connectivity index (χ2n) is 8.45. The molecule has 2 aromatic heterocycles. The van der Waals surface area contributed by atoms with Crippen LogP contribution in [0.15, 0.2) is 52.5 Å². The summed E-state index contributed by atoms with van der Waals surface area (Å²) in [5.41, 5.74) is -0.433. The average molecular weight is 513 g/mol. The fourth-order valence-electron chi connectivity index (χ4n) is 4.36. The first-order chi connectivity index (χ1) is 16.8. The maximum Gasteiger partial charge on any atom is 0.314 e. The van der Waals surface area contributed by atoms with Crippen LogP contribution in [0, 0.1) is 23.0 Å². The lowest BCUT2D eigenvalue weighted by molar-refractivity contribution is -0.140. The predicted octanol–water partition coefficient (Wildman–Crippen LogP) is 6.31. The minimum Gasteiger partial charge on any atom is -0.481 e. The standard InChI is InChI=1S/C25H19ClF2N4O2S/c1-2-10-31-13-14(12-30-31)32-18(11-29)23(15-6-7-17(26)21(28)22(15)32)35-19-5-3-4-16(20(19)27)25(8-9-25)24(33)34/h3-7,12-13H,2,8-10H2,1H3,(H,33,34). The van der Waals surface area contributed by atoms with Crippen molar-refractivity contribution >= 4 is 40.2 Å². The van der Waals surface area contributed by atoms with E-state index >= 15 is 8.78 Å². The van der Waals surface area contributed by atoms with Crippen molar-refractivity contribution in [3.8, 4) is 11.8 Å². The molecule has 178 valence electrons. The second kappa shape index (κ2) is 8.70. The van der Waals surface area contributed by atoms with Gasteiger partial charge in [-0.15, -0.1) is 0 Å². The Labute approximate surface area is 208 Å². The van der Waals surface area contributed by atoms with Crippen molar-refractivity contribution in [3.05, 3.63) is 70.6 Å². The molecule has 1 saturated carbocycles. The summed E-state index contributed by atoms with van der Waals surface area (Å²) in [4.78, 5) is 12.3. The Morgan fingerprint density at radius 3 is 2.71 bits per heavy atom. The van der Waals surface area contributed by atoms with Crippen molar-refractivity contribution in [2.75, 3.05) is 0 Å². The lowest BCUT2D eigenvalue weighted by atomic mass is 9.96. The molecule has 0 spiro atoms. The summed E-state index contributed by atoms with van der Waals surface area (Å²) in [5.74, 6) is -2.41. The van der Waals surface area contributed by atoms with Crippen LogP contribution in [0.4, 0.5) is 8.78 Å². The van der Waals surface area contributed by atoms with Gasteiger partial charge in [-0.2, -0.15) is 10.4 Å². The molecule has 4 aromatic rings. The van der Waals surface area contributed by atoms with Crippen molar-refractivity contribution in [2.45, 2.75) is 47.9 Å². The Morgan fingerprint density at radius 1 is 1.29 bits per heavy atom. The second-order valence-corrected chi connectivity index (χ2v) is 9.91. The van der Waals surface area contributed by atoms with E-state index in [1.54, 1.807) is 23.0 Å². The molecule has 0 radical (unpaired) electrons. The van der Waals surface area contributed by atoms with Gasteiger partial charge in [0.2, 0.25) is 0 Å². The molecule has 10 heteroatoms. The number of carboxylic acids is 1. The summed E-state index contributed by atoms with van der Waals surface area (Å²) < 4.78 is 34.0. The number of carboxylic acid groups (broad SMARTS) is 1. The summed E-state index contributed by atoms with van der Waals surface area (Å²) >= 11 is 7.05. The Morgan fingerprint density at radius 2 is 2.06 bits per heavy atom. The summed E-state index contributed by atoms with van der Waals surface area (Å²) in [6.45, 7) is 2.65. The highest BCUT2D eigenvalue weighted by Crippen LogP contribution is 2.51. The first-order valence-corrected chi connectivity index (χ1v) is 12.2. The van der Waals surface area contributed by atoms with Crippen LogP contribution < -0.4 is 0 Å². The number of hydrogen-bond donors (Lipinski definition) is 1. The van der Waals surface area contributed by atoms with E-state index in [0.29, 0.717) is 35.4 Å². The third kappa shape index (κ3) is 3.68. The summed E-state index contributed by atoms with van der Waals surface area (Å²) in [7, 11) is 0. The fraction of sp³-hybridized carbons (Fsp3) is 0.240. The minimum atomic E-state index is -1.22. The van der Waals surface area contributed by atoms with Gasteiger partial charge in [0.05, 0.1) is 32.7 Å². The maximum absolute atomic E-state index is 15.6. The van der Waals surface area contributed by atoms with Gasteiger partial charge >= 0.3 is 5.97 Å². The first kappa shape index (κ1) is 23.4. The van der Waals surface area contributed by atoms with Crippen LogP contribution in [0.3, 0.4) is 0 Å². The number of aromatic nitrogens is 3. The zero-order valence-electron chi connectivity index (χ0n) is 18.6. The topological polar surface area (TPSA) is 83.8 Å². The molecule has 0 aliphatic heterocycles. The third-order valence-electron chi connectivity index (χ3n) is 6.26. The van der Waals surface area contributed by atoms with Crippen molar-refractivity contribution in [1.29, 1.82) is 5.26 Å². The van der Waals surface area contributed by atoms with E-state index in [1.165, 1.54) is 29.0 Å². The number of aliphatic carboxylic acids is 1. The molecule has 6 nitrogen and oxygen atoms in total. The maximum atomic E-state index is 15.6. The quantitative estimate of drug-likeness (QED) is 0.314. The largest absolute Gasteiger partial charge is 0.481 e. The number of aryl methyl sites for hydroxylation is 1. The monoisotopic (exact) mass is 512 g/mol. The number of fused-ring (bicyclic) bond motifs is 1. The Bertz CT molecular complexity index is 1530. The molecule has 0 unspecified atom stereocenters. The lowest BCUT2D eigenvalue weighted by Gasteiger charge is -2.13. The van der Waals surface area contributed by atoms with E-state index < -0.39 is 23.0 Å². The fourth-order valence-corrected chi connectivity index (χ4v) is 5.58. The van der Waals surface area contributed by atoms with Crippen LogP contribution in [0.5, 0.6) is 0 Å². The number of hydrogen-bond acceptors (Lipinski definition) is 4. The zero-order chi connectivity index (χ0) is 24.9. The molecule has 1 aliphatic rings. The Hall–Kier alpha value is -3.35. The molecule has 0 amide bonds. The van der Waals surface area contributed by atoms with Gasteiger partial charge in [-0.05, 0) is 37.5 Å². The van der Waals surface area contributed by atoms with Crippen LogP contribution in [0.2, 0.25) is 5.02 Å². The normalized spacial score (nSPS) is 14.3.